The topological polar surface area (TPSA) is 55.2 Å². The van der Waals surface area contributed by atoms with Gasteiger partial charge >= 0.3 is 0 Å². The Morgan fingerprint density at radius 1 is 1.59 bits per heavy atom. The first-order chi connectivity index (χ1) is 7.99. The van der Waals surface area contributed by atoms with E-state index in [2.05, 4.69) is 5.10 Å². The van der Waals surface area contributed by atoms with Gasteiger partial charge in [0.2, 0.25) is 5.91 Å². The number of rotatable bonds is 2. The summed E-state index contributed by atoms with van der Waals surface area (Å²) >= 11 is 1.25. The van der Waals surface area contributed by atoms with E-state index in [0.29, 0.717) is 13.0 Å². The summed E-state index contributed by atoms with van der Waals surface area (Å²) < 4.78 is 1.74. The summed E-state index contributed by atoms with van der Waals surface area (Å²) in [6.45, 7) is 4.06. The molecule has 1 amide bonds. The number of amides is 1. The van der Waals surface area contributed by atoms with E-state index in [-0.39, 0.29) is 16.3 Å². The molecule has 5 nitrogen and oxygen atoms in total. The molecule has 1 unspecified atom stereocenters. The van der Waals surface area contributed by atoms with Gasteiger partial charge in [0.05, 0.1) is 17.6 Å². The van der Waals surface area contributed by atoms with Crippen LogP contribution in [0.3, 0.4) is 0 Å². The number of aromatic nitrogens is 2. The SMILES string of the molecule is CC(=O)SC1CC(=O)N(c2cnn(C)c2C)C1. The minimum Gasteiger partial charge on any atom is -0.308 e. The molecule has 0 radical (unpaired) electrons. The van der Waals surface area contributed by atoms with Crippen LogP contribution in [-0.2, 0) is 16.6 Å². The molecular weight excluding hydrogens is 238 g/mol. The summed E-state index contributed by atoms with van der Waals surface area (Å²) in [7, 11) is 1.85. The molecule has 0 saturated carbocycles. The van der Waals surface area contributed by atoms with Gasteiger partial charge in [-0.05, 0) is 6.92 Å². The Balaban J connectivity index is 2.16. The van der Waals surface area contributed by atoms with Crippen LogP contribution in [0.4, 0.5) is 5.69 Å². The number of nitrogens with zero attached hydrogens (tertiary/aromatic N) is 3. The van der Waals surface area contributed by atoms with E-state index < -0.39 is 0 Å². The molecule has 0 N–H and O–H groups in total. The fourth-order valence-corrected chi connectivity index (χ4v) is 2.89. The van der Waals surface area contributed by atoms with Crippen LogP contribution in [0.1, 0.15) is 19.0 Å². The Morgan fingerprint density at radius 3 is 2.82 bits per heavy atom. The van der Waals surface area contributed by atoms with Gasteiger partial charge in [-0.1, -0.05) is 11.8 Å². The van der Waals surface area contributed by atoms with E-state index >= 15 is 0 Å². The lowest BCUT2D eigenvalue weighted by Crippen LogP contribution is -2.25. The number of hydrogen-bond acceptors (Lipinski definition) is 4. The van der Waals surface area contributed by atoms with Crippen molar-refractivity contribution in [2.45, 2.75) is 25.5 Å². The van der Waals surface area contributed by atoms with Crippen molar-refractivity contribution in [3.63, 3.8) is 0 Å². The van der Waals surface area contributed by atoms with Gasteiger partial charge in [0.25, 0.3) is 0 Å². The number of thioether (sulfide) groups is 1. The standard InChI is InChI=1S/C11H15N3O2S/c1-7-10(5-12-13(7)3)14-6-9(4-11(14)16)17-8(2)15/h5,9H,4,6H2,1-3H3. The molecule has 1 aromatic heterocycles. The van der Waals surface area contributed by atoms with Crippen LogP contribution in [0.15, 0.2) is 6.20 Å². The van der Waals surface area contributed by atoms with Crippen LogP contribution >= 0.6 is 11.8 Å². The molecule has 1 aliphatic heterocycles. The van der Waals surface area contributed by atoms with Crippen molar-refractivity contribution < 1.29 is 9.59 Å². The van der Waals surface area contributed by atoms with E-state index in [4.69, 9.17) is 0 Å². The van der Waals surface area contributed by atoms with Crippen molar-refractivity contribution in [1.29, 1.82) is 0 Å². The minimum atomic E-state index is 0.0626. The van der Waals surface area contributed by atoms with E-state index in [1.165, 1.54) is 18.7 Å². The second-order valence-electron chi connectivity index (χ2n) is 4.18. The fourth-order valence-electron chi connectivity index (χ4n) is 1.97. The zero-order valence-corrected chi connectivity index (χ0v) is 11.0. The van der Waals surface area contributed by atoms with Crippen LogP contribution in [0, 0.1) is 6.92 Å². The van der Waals surface area contributed by atoms with E-state index in [1.54, 1.807) is 15.8 Å². The molecule has 17 heavy (non-hydrogen) atoms. The molecule has 6 heteroatoms. The highest BCUT2D eigenvalue weighted by molar-refractivity contribution is 8.14. The molecule has 0 bridgehead atoms. The Morgan fingerprint density at radius 2 is 2.29 bits per heavy atom. The molecule has 92 valence electrons. The summed E-state index contributed by atoms with van der Waals surface area (Å²) in [5.41, 5.74) is 1.82. The summed E-state index contributed by atoms with van der Waals surface area (Å²) in [5, 5.41) is 4.26. The summed E-state index contributed by atoms with van der Waals surface area (Å²) in [5.74, 6) is 0.0693. The number of anilines is 1. The Bertz CT molecular complexity index is 469. The summed E-state index contributed by atoms with van der Waals surface area (Å²) in [6.07, 6.45) is 2.13. The molecule has 0 aromatic carbocycles. The maximum atomic E-state index is 11.9. The lowest BCUT2D eigenvalue weighted by Gasteiger charge is -2.15. The van der Waals surface area contributed by atoms with Crippen LogP contribution < -0.4 is 4.90 Å². The third-order valence-corrected chi connectivity index (χ3v) is 3.90. The molecule has 1 aliphatic rings. The molecule has 0 aliphatic carbocycles. The second-order valence-corrected chi connectivity index (χ2v) is 5.66. The van der Waals surface area contributed by atoms with Gasteiger partial charge in [-0.25, -0.2) is 0 Å². The summed E-state index contributed by atoms with van der Waals surface area (Å²) in [4.78, 5) is 24.7. The molecule has 1 saturated heterocycles. The number of carbonyl (C=O) groups excluding carboxylic acids is 2. The summed E-state index contributed by atoms with van der Waals surface area (Å²) in [6, 6.07) is 0. The number of carbonyl (C=O) groups is 2. The fraction of sp³-hybridized carbons (Fsp3) is 0.545. The normalized spacial score (nSPS) is 20.1. The van der Waals surface area contributed by atoms with Crippen molar-refractivity contribution in [2.75, 3.05) is 11.4 Å². The van der Waals surface area contributed by atoms with Gasteiger partial charge in [0, 0.05) is 32.2 Å². The van der Waals surface area contributed by atoms with Crippen molar-refractivity contribution in [3.8, 4) is 0 Å². The monoisotopic (exact) mass is 253 g/mol. The Hall–Kier alpha value is -1.30. The molecule has 2 heterocycles. The predicted molar refractivity (Wildman–Crippen MR) is 67.0 cm³/mol. The first kappa shape index (κ1) is 12.2. The molecule has 0 spiro atoms. The van der Waals surface area contributed by atoms with E-state index in [1.807, 2.05) is 14.0 Å². The third kappa shape index (κ3) is 2.36. The van der Waals surface area contributed by atoms with Crippen LogP contribution in [-0.4, -0.2) is 32.6 Å². The van der Waals surface area contributed by atoms with E-state index in [0.717, 1.165) is 11.4 Å². The van der Waals surface area contributed by atoms with Crippen molar-refractivity contribution in [2.24, 2.45) is 7.05 Å². The number of hydrogen-bond donors (Lipinski definition) is 0. The highest BCUT2D eigenvalue weighted by atomic mass is 32.2. The molecular formula is C11H15N3O2S. The van der Waals surface area contributed by atoms with Gasteiger partial charge in [-0.15, -0.1) is 0 Å². The first-order valence-electron chi connectivity index (χ1n) is 5.45. The van der Waals surface area contributed by atoms with Gasteiger partial charge < -0.3 is 4.90 Å². The zero-order valence-electron chi connectivity index (χ0n) is 10.1. The van der Waals surface area contributed by atoms with Crippen LogP contribution in [0.25, 0.3) is 0 Å². The maximum Gasteiger partial charge on any atom is 0.228 e. The lowest BCUT2D eigenvalue weighted by molar-refractivity contribution is -0.117. The van der Waals surface area contributed by atoms with Crippen molar-refractivity contribution in [1.82, 2.24) is 9.78 Å². The van der Waals surface area contributed by atoms with Gasteiger partial charge in [0.1, 0.15) is 0 Å². The van der Waals surface area contributed by atoms with Gasteiger partial charge in [-0.2, -0.15) is 5.10 Å². The Labute approximate surface area is 104 Å². The largest absolute Gasteiger partial charge is 0.308 e. The molecule has 1 aromatic rings. The maximum absolute atomic E-state index is 11.9. The average molecular weight is 253 g/mol. The second kappa shape index (κ2) is 4.52. The first-order valence-corrected chi connectivity index (χ1v) is 6.33. The minimum absolute atomic E-state index is 0.0626. The van der Waals surface area contributed by atoms with Crippen LogP contribution in [0.2, 0.25) is 0 Å². The van der Waals surface area contributed by atoms with Gasteiger partial charge in [0.15, 0.2) is 5.12 Å². The van der Waals surface area contributed by atoms with E-state index in [9.17, 15) is 9.59 Å². The molecule has 1 atom stereocenters. The van der Waals surface area contributed by atoms with Crippen molar-refractivity contribution in [3.05, 3.63) is 11.9 Å². The molecule has 2 rings (SSSR count). The Kier molecular flexibility index (Phi) is 3.24. The predicted octanol–water partition coefficient (Wildman–Crippen LogP) is 1.11. The van der Waals surface area contributed by atoms with Crippen LogP contribution in [0.5, 0.6) is 0 Å². The number of aryl methyl sites for hydroxylation is 1. The quantitative estimate of drug-likeness (QED) is 0.792. The highest BCUT2D eigenvalue weighted by Gasteiger charge is 2.33. The molecule has 1 fully saturated rings. The third-order valence-electron chi connectivity index (χ3n) is 2.92. The van der Waals surface area contributed by atoms with Gasteiger partial charge in [-0.3, -0.25) is 14.3 Å². The smallest absolute Gasteiger partial charge is 0.228 e. The lowest BCUT2D eigenvalue weighted by atomic mass is 10.3. The van der Waals surface area contributed by atoms with Crippen molar-refractivity contribution >= 4 is 28.5 Å². The zero-order chi connectivity index (χ0) is 12.6. The average Bonchev–Trinajstić information content (AvgIpc) is 2.72. The highest BCUT2D eigenvalue weighted by Crippen LogP contribution is 2.30.